The second kappa shape index (κ2) is 6.15. The average molecular weight is 275 g/mol. The molecule has 1 aromatic carbocycles. The molecular weight excluding hydrogens is 250 g/mol. The van der Waals surface area contributed by atoms with Gasteiger partial charge in [-0.1, -0.05) is 25.0 Å². The lowest BCUT2D eigenvalue weighted by molar-refractivity contribution is 0.0820. The highest BCUT2D eigenvalue weighted by molar-refractivity contribution is 5.30. The normalized spacial score (nSPS) is 21.4. The molecule has 2 aliphatic carbocycles. The van der Waals surface area contributed by atoms with Gasteiger partial charge in [0.15, 0.2) is 0 Å². The molecule has 0 radical (unpaired) electrons. The van der Waals surface area contributed by atoms with Crippen LogP contribution in [0.25, 0.3) is 0 Å². The first-order valence-corrected chi connectivity index (χ1v) is 7.85. The van der Waals surface area contributed by atoms with Gasteiger partial charge >= 0.3 is 0 Å². The molecule has 2 saturated carbocycles. The Labute approximate surface area is 121 Å². The number of aliphatic hydroxyl groups is 1. The maximum Gasteiger partial charge on any atom is 0.119 e. The molecule has 0 bridgehead atoms. The molecule has 3 rings (SSSR count). The van der Waals surface area contributed by atoms with Gasteiger partial charge in [0.2, 0.25) is 0 Å². The monoisotopic (exact) mass is 275 g/mol. The quantitative estimate of drug-likeness (QED) is 0.865. The maximum absolute atomic E-state index is 10.6. The van der Waals surface area contributed by atoms with Gasteiger partial charge in [-0.25, -0.2) is 0 Å². The first-order chi connectivity index (χ1) is 9.78. The van der Waals surface area contributed by atoms with Crippen LogP contribution in [0.1, 0.15) is 50.2 Å². The maximum atomic E-state index is 10.6. The van der Waals surface area contributed by atoms with Gasteiger partial charge in [0.1, 0.15) is 5.75 Å². The van der Waals surface area contributed by atoms with Crippen LogP contribution in [0, 0.1) is 0 Å². The number of aliphatic hydroxyl groups excluding tert-OH is 1. The summed E-state index contributed by atoms with van der Waals surface area (Å²) in [6.45, 7) is 0.766. The van der Waals surface area contributed by atoms with E-state index in [2.05, 4.69) is 4.90 Å². The molecule has 0 spiro atoms. The van der Waals surface area contributed by atoms with Crippen molar-refractivity contribution in [3.63, 3.8) is 0 Å². The zero-order chi connectivity index (χ0) is 13.9. The third kappa shape index (κ3) is 3.15. The Morgan fingerprint density at radius 2 is 1.90 bits per heavy atom. The first kappa shape index (κ1) is 13.9. The summed E-state index contributed by atoms with van der Waals surface area (Å²) in [7, 11) is 1.67. The van der Waals surface area contributed by atoms with Crippen LogP contribution >= 0.6 is 0 Å². The third-order valence-electron chi connectivity index (χ3n) is 4.67. The van der Waals surface area contributed by atoms with E-state index in [4.69, 9.17) is 4.74 Å². The molecule has 2 fully saturated rings. The Morgan fingerprint density at radius 1 is 1.20 bits per heavy atom. The Hall–Kier alpha value is -1.06. The van der Waals surface area contributed by atoms with Gasteiger partial charge < -0.3 is 9.84 Å². The molecule has 0 amide bonds. The average Bonchev–Trinajstić information content (AvgIpc) is 3.18. The fourth-order valence-corrected chi connectivity index (χ4v) is 3.39. The highest BCUT2D eigenvalue weighted by atomic mass is 16.5. The molecule has 3 heteroatoms. The van der Waals surface area contributed by atoms with Gasteiger partial charge in [0.25, 0.3) is 0 Å². The SMILES string of the molecule is COc1cccc(C(O)CN(C2CCCC2)C2CC2)c1. The first-order valence-electron chi connectivity index (χ1n) is 7.85. The van der Waals surface area contributed by atoms with Crippen molar-refractivity contribution >= 4 is 0 Å². The molecule has 1 atom stereocenters. The topological polar surface area (TPSA) is 32.7 Å². The van der Waals surface area contributed by atoms with E-state index >= 15 is 0 Å². The second-order valence-electron chi connectivity index (χ2n) is 6.16. The van der Waals surface area contributed by atoms with E-state index in [1.165, 1.54) is 38.5 Å². The van der Waals surface area contributed by atoms with Crippen molar-refractivity contribution in [2.75, 3.05) is 13.7 Å². The van der Waals surface area contributed by atoms with Gasteiger partial charge in [0, 0.05) is 18.6 Å². The number of methoxy groups -OCH3 is 1. The van der Waals surface area contributed by atoms with Crippen LogP contribution in [-0.4, -0.2) is 35.7 Å². The van der Waals surface area contributed by atoms with E-state index in [1.54, 1.807) is 7.11 Å². The van der Waals surface area contributed by atoms with E-state index in [0.717, 1.165) is 23.9 Å². The van der Waals surface area contributed by atoms with Crippen molar-refractivity contribution in [1.82, 2.24) is 4.90 Å². The number of rotatable bonds is 6. The molecule has 1 unspecified atom stereocenters. The van der Waals surface area contributed by atoms with Crippen molar-refractivity contribution in [3.05, 3.63) is 29.8 Å². The van der Waals surface area contributed by atoms with Crippen molar-refractivity contribution in [3.8, 4) is 5.75 Å². The highest BCUT2D eigenvalue weighted by Crippen LogP contribution is 2.35. The van der Waals surface area contributed by atoms with E-state index in [1.807, 2.05) is 24.3 Å². The van der Waals surface area contributed by atoms with Crippen molar-refractivity contribution in [2.45, 2.75) is 56.7 Å². The lowest BCUT2D eigenvalue weighted by Crippen LogP contribution is -2.38. The molecule has 0 aliphatic heterocycles. The molecule has 0 aromatic heterocycles. The number of ether oxygens (including phenoxy) is 1. The van der Waals surface area contributed by atoms with Crippen LogP contribution in [0.3, 0.4) is 0 Å². The van der Waals surface area contributed by atoms with Gasteiger partial charge in [0.05, 0.1) is 13.2 Å². The molecular formula is C17H25NO2. The van der Waals surface area contributed by atoms with Crippen LogP contribution in [0.2, 0.25) is 0 Å². The van der Waals surface area contributed by atoms with Crippen LogP contribution in [0.15, 0.2) is 24.3 Å². The Balaban J connectivity index is 1.67. The summed E-state index contributed by atoms with van der Waals surface area (Å²) >= 11 is 0. The third-order valence-corrected chi connectivity index (χ3v) is 4.67. The lowest BCUT2D eigenvalue weighted by Gasteiger charge is -2.31. The minimum absolute atomic E-state index is 0.411. The fourth-order valence-electron chi connectivity index (χ4n) is 3.39. The predicted molar refractivity (Wildman–Crippen MR) is 79.9 cm³/mol. The van der Waals surface area contributed by atoms with Crippen molar-refractivity contribution in [1.29, 1.82) is 0 Å². The van der Waals surface area contributed by atoms with Crippen LogP contribution in [-0.2, 0) is 0 Å². The second-order valence-corrected chi connectivity index (χ2v) is 6.16. The van der Waals surface area contributed by atoms with E-state index in [0.29, 0.717) is 6.04 Å². The summed E-state index contributed by atoms with van der Waals surface area (Å²) in [5.41, 5.74) is 0.966. The van der Waals surface area contributed by atoms with Gasteiger partial charge in [-0.15, -0.1) is 0 Å². The molecule has 20 heavy (non-hydrogen) atoms. The standard InChI is InChI=1S/C17H25NO2/c1-20-16-8-4-5-13(11-16)17(19)12-18(15-9-10-15)14-6-2-3-7-14/h4-5,8,11,14-15,17,19H,2-3,6-7,9-10,12H2,1H3. The van der Waals surface area contributed by atoms with Gasteiger partial charge in [-0.3, -0.25) is 4.90 Å². The smallest absolute Gasteiger partial charge is 0.119 e. The van der Waals surface area contributed by atoms with Crippen molar-refractivity contribution in [2.24, 2.45) is 0 Å². The Morgan fingerprint density at radius 3 is 2.55 bits per heavy atom. The summed E-state index contributed by atoms with van der Waals surface area (Å²) in [5, 5.41) is 10.6. The number of benzene rings is 1. The molecule has 3 nitrogen and oxygen atoms in total. The van der Waals surface area contributed by atoms with Crippen molar-refractivity contribution < 1.29 is 9.84 Å². The summed E-state index contributed by atoms with van der Waals surface area (Å²) < 4.78 is 5.24. The summed E-state index contributed by atoms with van der Waals surface area (Å²) in [5.74, 6) is 0.820. The number of hydrogen-bond acceptors (Lipinski definition) is 3. The summed E-state index contributed by atoms with van der Waals surface area (Å²) in [6.07, 6.45) is 7.52. The molecule has 2 aliphatic rings. The van der Waals surface area contributed by atoms with E-state index < -0.39 is 6.10 Å². The van der Waals surface area contributed by atoms with Gasteiger partial charge in [-0.2, -0.15) is 0 Å². The van der Waals surface area contributed by atoms with E-state index in [-0.39, 0.29) is 0 Å². The molecule has 1 aromatic rings. The zero-order valence-corrected chi connectivity index (χ0v) is 12.3. The minimum Gasteiger partial charge on any atom is -0.497 e. The lowest BCUT2D eigenvalue weighted by atomic mass is 10.1. The Bertz CT molecular complexity index is 438. The van der Waals surface area contributed by atoms with Crippen LogP contribution < -0.4 is 4.74 Å². The number of hydrogen-bond donors (Lipinski definition) is 1. The van der Waals surface area contributed by atoms with Crippen LogP contribution in [0.5, 0.6) is 5.75 Å². The summed E-state index contributed by atoms with van der Waals surface area (Å²) in [6, 6.07) is 9.23. The Kier molecular flexibility index (Phi) is 4.27. The number of nitrogens with zero attached hydrogens (tertiary/aromatic N) is 1. The molecule has 0 saturated heterocycles. The van der Waals surface area contributed by atoms with Gasteiger partial charge in [-0.05, 0) is 43.4 Å². The van der Waals surface area contributed by atoms with Crippen LogP contribution in [0.4, 0.5) is 0 Å². The molecule has 110 valence electrons. The molecule has 1 N–H and O–H groups in total. The highest BCUT2D eigenvalue weighted by Gasteiger charge is 2.36. The predicted octanol–water partition coefficient (Wildman–Crippen LogP) is 3.14. The zero-order valence-electron chi connectivity index (χ0n) is 12.3. The largest absolute Gasteiger partial charge is 0.497 e. The minimum atomic E-state index is -0.411. The summed E-state index contributed by atoms with van der Waals surface area (Å²) in [4.78, 5) is 2.57. The molecule has 0 heterocycles. The fraction of sp³-hybridized carbons (Fsp3) is 0.647. The van der Waals surface area contributed by atoms with E-state index in [9.17, 15) is 5.11 Å².